The van der Waals surface area contributed by atoms with Gasteiger partial charge < -0.3 is 4.74 Å². The molecule has 1 heterocycles. The number of hydrogen-bond donors (Lipinski definition) is 0. The number of nitrogens with zero attached hydrogens (tertiary/aromatic N) is 2. The van der Waals surface area contributed by atoms with Gasteiger partial charge in [-0.1, -0.05) is 90.0 Å². The molecule has 0 saturated carbocycles. The van der Waals surface area contributed by atoms with Gasteiger partial charge in [0.25, 0.3) is 0 Å². The minimum absolute atomic E-state index is 0.0559. The summed E-state index contributed by atoms with van der Waals surface area (Å²) in [6.07, 6.45) is 14.3. The first-order chi connectivity index (χ1) is 14.6. The Labute approximate surface area is 182 Å². The molecular formula is C26H39FN2O. The highest BCUT2D eigenvalue weighted by atomic mass is 19.1. The van der Waals surface area contributed by atoms with Crippen LogP contribution >= 0.6 is 0 Å². The third-order valence-electron chi connectivity index (χ3n) is 5.70. The van der Waals surface area contributed by atoms with Crippen LogP contribution in [-0.2, 0) is 6.42 Å². The highest BCUT2D eigenvalue weighted by Gasteiger charge is 2.12. The largest absolute Gasteiger partial charge is 0.487 e. The van der Waals surface area contributed by atoms with Gasteiger partial charge in [-0.25, -0.2) is 14.4 Å². The normalized spacial score (nSPS) is 13.2. The number of benzene rings is 1. The summed E-state index contributed by atoms with van der Waals surface area (Å²) in [5.74, 6) is 1.55. The van der Waals surface area contributed by atoms with Crippen LogP contribution < -0.4 is 4.74 Å². The molecule has 0 aliphatic carbocycles. The van der Waals surface area contributed by atoms with Crippen molar-refractivity contribution < 1.29 is 9.13 Å². The third kappa shape index (κ3) is 9.23. The standard InChI is InChI=1S/C26H39FN2O/c1-4-6-7-8-9-10-11-12-22-13-15-23(16-14-22)26-28-18-25(19-29-26)30-20-24(27)17-21(3)5-2/h13-16,18-19,21,24H,4-12,17,20H2,1-3H3. The van der Waals surface area contributed by atoms with E-state index in [1.165, 1.54) is 50.5 Å². The van der Waals surface area contributed by atoms with E-state index >= 15 is 0 Å². The predicted molar refractivity (Wildman–Crippen MR) is 124 cm³/mol. The average Bonchev–Trinajstić information content (AvgIpc) is 2.78. The lowest BCUT2D eigenvalue weighted by Crippen LogP contribution is -2.16. The second kappa shape index (κ2) is 14.1. The number of rotatable bonds is 15. The van der Waals surface area contributed by atoms with Crippen LogP contribution in [0.5, 0.6) is 5.75 Å². The van der Waals surface area contributed by atoms with Gasteiger partial charge >= 0.3 is 0 Å². The molecule has 0 aliphatic heterocycles. The van der Waals surface area contributed by atoms with E-state index in [4.69, 9.17) is 4.74 Å². The second-order valence-electron chi connectivity index (χ2n) is 8.47. The summed E-state index contributed by atoms with van der Waals surface area (Å²) in [4.78, 5) is 8.77. The molecule has 0 spiro atoms. The fourth-order valence-corrected chi connectivity index (χ4v) is 3.50. The SMILES string of the molecule is CCCCCCCCCc1ccc(-c2ncc(OCC(F)CC(C)CC)cn2)cc1. The van der Waals surface area contributed by atoms with Gasteiger partial charge in [0.15, 0.2) is 11.6 Å². The van der Waals surface area contributed by atoms with E-state index in [0.717, 1.165) is 18.4 Å². The van der Waals surface area contributed by atoms with Gasteiger partial charge in [-0.3, -0.25) is 0 Å². The molecular weight excluding hydrogens is 375 g/mol. The topological polar surface area (TPSA) is 35.0 Å². The number of unbranched alkanes of at least 4 members (excludes halogenated alkanes) is 6. The number of aromatic nitrogens is 2. The summed E-state index contributed by atoms with van der Waals surface area (Å²) in [6.45, 7) is 6.45. The maximum atomic E-state index is 13.9. The van der Waals surface area contributed by atoms with Gasteiger partial charge in [-0.15, -0.1) is 0 Å². The molecule has 0 fully saturated rings. The monoisotopic (exact) mass is 414 g/mol. The maximum Gasteiger partial charge on any atom is 0.159 e. The molecule has 0 aliphatic rings. The summed E-state index contributed by atoms with van der Waals surface area (Å²) in [6, 6.07) is 8.50. The van der Waals surface area contributed by atoms with Crippen LogP contribution in [0.15, 0.2) is 36.7 Å². The Morgan fingerprint density at radius 3 is 2.17 bits per heavy atom. The van der Waals surface area contributed by atoms with Crippen molar-refractivity contribution in [2.45, 2.75) is 91.2 Å². The van der Waals surface area contributed by atoms with Crippen LogP contribution in [0.3, 0.4) is 0 Å². The van der Waals surface area contributed by atoms with E-state index in [1.54, 1.807) is 12.4 Å². The molecule has 2 aromatic rings. The van der Waals surface area contributed by atoms with Crippen molar-refractivity contribution in [3.8, 4) is 17.1 Å². The zero-order valence-corrected chi connectivity index (χ0v) is 19.1. The molecule has 0 bridgehead atoms. The molecule has 0 N–H and O–H groups in total. The Balaban J connectivity index is 1.74. The van der Waals surface area contributed by atoms with Crippen LogP contribution in [0.2, 0.25) is 0 Å². The van der Waals surface area contributed by atoms with Gasteiger partial charge in [-0.05, 0) is 30.7 Å². The van der Waals surface area contributed by atoms with E-state index in [9.17, 15) is 4.39 Å². The fourth-order valence-electron chi connectivity index (χ4n) is 3.50. The molecule has 4 heteroatoms. The van der Waals surface area contributed by atoms with Crippen molar-refractivity contribution in [1.29, 1.82) is 0 Å². The summed E-state index contributed by atoms with van der Waals surface area (Å²) in [7, 11) is 0. The van der Waals surface area contributed by atoms with Gasteiger partial charge in [0.1, 0.15) is 12.8 Å². The minimum atomic E-state index is -0.955. The quantitative estimate of drug-likeness (QED) is 0.282. The van der Waals surface area contributed by atoms with Crippen LogP contribution in [-0.4, -0.2) is 22.7 Å². The zero-order chi connectivity index (χ0) is 21.6. The first-order valence-electron chi connectivity index (χ1n) is 11.8. The lowest BCUT2D eigenvalue weighted by molar-refractivity contribution is 0.169. The van der Waals surface area contributed by atoms with Crippen molar-refractivity contribution >= 4 is 0 Å². The maximum absolute atomic E-state index is 13.9. The van der Waals surface area contributed by atoms with Crippen molar-refractivity contribution in [3.05, 3.63) is 42.2 Å². The van der Waals surface area contributed by atoms with Gasteiger partial charge in [0.2, 0.25) is 0 Å². The number of ether oxygens (including phenoxy) is 1. The van der Waals surface area contributed by atoms with Crippen LogP contribution in [0.4, 0.5) is 4.39 Å². The summed E-state index contributed by atoms with van der Waals surface area (Å²) < 4.78 is 19.4. The Kier molecular flexibility index (Phi) is 11.4. The van der Waals surface area contributed by atoms with Crippen molar-refractivity contribution in [3.63, 3.8) is 0 Å². The van der Waals surface area contributed by atoms with E-state index < -0.39 is 6.17 Å². The van der Waals surface area contributed by atoms with Gasteiger partial charge in [0, 0.05) is 5.56 Å². The zero-order valence-electron chi connectivity index (χ0n) is 19.1. The summed E-state index contributed by atoms with van der Waals surface area (Å²) >= 11 is 0. The molecule has 0 saturated heterocycles. The first kappa shape index (κ1) is 24.3. The lowest BCUT2D eigenvalue weighted by atomic mass is 10.0. The first-order valence-corrected chi connectivity index (χ1v) is 11.8. The number of hydrogen-bond acceptors (Lipinski definition) is 3. The lowest BCUT2D eigenvalue weighted by Gasteiger charge is -2.13. The second-order valence-corrected chi connectivity index (χ2v) is 8.47. The molecule has 3 nitrogen and oxygen atoms in total. The molecule has 30 heavy (non-hydrogen) atoms. The number of aryl methyl sites for hydroxylation is 1. The number of alkyl halides is 1. The smallest absolute Gasteiger partial charge is 0.159 e. The Morgan fingerprint density at radius 2 is 1.53 bits per heavy atom. The molecule has 166 valence electrons. The van der Waals surface area contributed by atoms with Crippen LogP contribution in [0.25, 0.3) is 11.4 Å². The van der Waals surface area contributed by atoms with Crippen LogP contribution in [0, 0.1) is 5.92 Å². The molecule has 2 atom stereocenters. The molecule has 2 rings (SSSR count). The summed E-state index contributed by atoms with van der Waals surface area (Å²) in [5.41, 5.74) is 2.35. The Hall–Kier alpha value is -1.97. The summed E-state index contributed by atoms with van der Waals surface area (Å²) in [5, 5.41) is 0. The van der Waals surface area contributed by atoms with E-state index in [1.807, 2.05) is 0 Å². The highest BCUT2D eigenvalue weighted by Crippen LogP contribution is 2.19. The van der Waals surface area contributed by atoms with Crippen molar-refractivity contribution in [1.82, 2.24) is 9.97 Å². The molecule has 1 aromatic carbocycles. The molecule has 0 amide bonds. The third-order valence-corrected chi connectivity index (χ3v) is 5.70. The predicted octanol–water partition coefficient (Wildman–Crippen LogP) is 7.59. The number of halogens is 1. The minimum Gasteiger partial charge on any atom is -0.487 e. The van der Waals surface area contributed by atoms with E-state index in [-0.39, 0.29) is 6.61 Å². The van der Waals surface area contributed by atoms with Gasteiger partial charge in [0.05, 0.1) is 12.4 Å². The average molecular weight is 415 g/mol. The van der Waals surface area contributed by atoms with E-state index in [0.29, 0.717) is 23.9 Å². The molecule has 1 aromatic heterocycles. The van der Waals surface area contributed by atoms with E-state index in [2.05, 4.69) is 55.0 Å². The van der Waals surface area contributed by atoms with Crippen molar-refractivity contribution in [2.75, 3.05) is 6.61 Å². The molecule has 2 unspecified atom stereocenters. The fraction of sp³-hybridized carbons (Fsp3) is 0.615. The van der Waals surface area contributed by atoms with Gasteiger partial charge in [-0.2, -0.15) is 0 Å². The highest BCUT2D eigenvalue weighted by molar-refractivity contribution is 5.55. The molecule has 0 radical (unpaired) electrons. The Morgan fingerprint density at radius 1 is 0.900 bits per heavy atom. The van der Waals surface area contributed by atoms with Crippen molar-refractivity contribution in [2.24, 2.45) is 5.92 Å². The Bertz CT molecular complexity index is 687. The van der Waals surface area contributed by atoms with Crippen LogP contribution in [0.1, 0.15) is 84.1 Å².